The Morgan fingerprint density at radius 1 is 1.39 bits per heavy atom. The average molecular weight is 345 g/mol. The first-order valence-electron chi connectivity index (χ1n) is 8.47. The summed E-state index contributed by atoms with van der Waals surface area (Å²) in [5.41, 5.74) is -0.700. The van der Waals surface area contributed by atoms with Crippen molar-refractivity contribution in [3.8, 4) is 0 Å². The van der Waals surface area contributed by atoms with Crippen LogP contribution in [-0.4, -0.2) is 65.5 Å². The van der Waals surface area contributed by atoms with Crippen LogP contribution in [0.1, 0.15) is 47.5 Å². The number of ether oxygens (including phenoxy) is 2. The first-order valence-corrected chi connectivity index (χ1v) is 9.70. The summed E-state index contributed by atoms with van der Waals surface area (Å²) < 4.78 is 11.8. The van der Waals surface area contributed by atoms with Crippen molar-refractivity contribution in [3.63, 3.8) is 0 Å². The molecule has 0 radical (unpaired) electrons. The monoisotopic (exact) mass is 344 g/mol. The number of carbonyl (C=O) groups is 1. The summed E-state index contributed by atoms with van der Waals surface area (Å²) >= 11 is 1.87. The predicted molar refractivity (Wildman–Crippen MR) is 95.1 cm³/mol. The second-order valence-corrected chi connectivity index (χ2v) is 9.76. The van der Waals surface area contributed by atoms with E-state index in [1.807, 2.05) is 32.5 Å². The molecule has 2 unspecified atom stereocenters. The summed E-state index contributed by atoms with van der Waals surface area (Å²) in [6.45, 7) is 13.2. The molecule has 2 aliphatic heterocycles. The van der Waals surface area contributed by atoms with Gasteiger partial charge >= 0.3 is 6.09 Å². The van der Waals surface area contributed by atoms with Gasteiger partial charge in [-0.15, -0.1) is 0 Å². The third-order valence-corrected chi connectivity index (χ3v) is 5.92. The molecule has 6 heteroatoms. The maximum absolute atomic E-state index is 12.3. The molecule has 5 nitrogen and oxygen atoms in total. The van der Waals surface area contributed by atoms with Gasteiger partial charge in [0.25, 0.3) is 0 Å². The molecule has 0 aromatic heterocycles. The number of rotatable bonds is 4. The highest BCUT2D eigenvalue weighted by Gasteiger charge is 2.50. The van der Waals surface area contributed by atoms with E-state index in [0.717, 1.165) is 26.0 Å². The molecule has 1 spiro atoms. The number of hydrogen-bond donors (Lipinski definition) is 1. The number of thioether (sulfide) groups is 1. The van der Waals surface area contributed by atoms with Crippen LogP contribution in [0.3, 0.4) is 0 Å². The van der Waals surface area contributed by atoms with Crippen molar-refractivity contribution in [1.82, 2.24) is 10.2 Å². The van der Waals surface area contributed by atoms with E-state index >= 15 is 0 Å². The van der Waals surface area contributed by atoms with Gasteiger partial charge in [-0.25, -0.2) is 4.79 Å². The Hall–Kier alpha value is -0.460. The highest BCUT2D eigenvalue weighted by atomic mass is 32.2. The standard InChI is InChI=1S/C17H32N2O3S/c1-15(2,3)22-14(20)19-9-8-17(12-19)13(7-10-21-17)18-11-16(4,5)23-6/h13,18H,7-12H2,1-6H3. The minimum Gasteiger partial charge on any atom is -0.444 e. The van der Waals surface area contributed by atoms with Gasteiger partial charge in [0.1, 0.15) is 11.2 Å². The minimum absolute atomic E-state index is 0.202. The molecule has 0 aromatic rings. The zero-order chi connectivity index (χ0) is 17.3. The highest BCUT2D eigenvalue weighted by molar-refractivity contribution is 7.99. The van der Waals surface area contributed by atoms with Crippen molar-refractivity contribution in [2.45, 2.75) is 69.5 Å². The van der Waals surface area contributed by atoms with E-state index in [-0.39, 0.29) is 16.4 Å². The quantitative estimate of drug-likeness (QED) is 0.850. The van der Waals surface area contributed by atoms with Crippen LogP contribution in [0, 0.1) is 0 Å². The summed E-state index contributed by atoms with van der Waals surface area (Å²) in [7, 11) is 0. The topological polar surface area (TPSA) is 50.8 Å². The summed E-state index contributed by atoms with van der Waals surface area (Å²) in [5, 5.41) is 3.69. The van der Waals surface area contributed by atoms with E-state index in [1.165, 1.54) is 0 Å². The molecule has 2 aliphatic rings. The third kappa shape index (κ3) is 4.77. The molecule has 0 saturated carbocycles. The van der Waals surface area contributed by atoms with E-state index in [4.69, 9.17) is 9.47 Å². The number of nitrogens with zero attached hydrogens (tertiary/aromatic N) is 1. The van der Waals surface area contributed by atoms with Gasteiger partial charge in [-0.3, -0.25) is 0 Å². The molecule has 1 N–H and O–H groups in total. The maximum Gasteiger partial charge on any atom is 0.410 e. The minimum atomic E-state index is -0.455. The van der Waals surface area contributed by atoms with Crippen LogP contribution >= 0.6 is 11.8 Å². The number of carbonyl (C=O) groups excluding carboxylic acids is 1. The Morgan fingerprint density at radius 3 is 2.70 bits per heavy atom. The molecule has 2 heterocycles. The summed E-state index contributed by atoms with van der Waals surface area (Å²) in [4.78, 5) is 14.1. The van der Waals surface area contributed by atoms with Crippen LogP contribution in [0.15, 0.2) is 0 Å². The second-order valence-electron chi connectivity index (χ2n) is 8.25. The zero-order valence-electron chi connectivity index (χ0n) is 15.4. The van der Waals surface area contributed by atoms with Crippen molar-refractivity contribution in [2.24, 2.45) is 0 Å². The number of likely N-dealkylation sites (tertiary alicyclic amines) is 1. The lowest BCUT2D eigenvalue weighted by Crippen LogP contribution is -2.52. The van der Waals surface area contributed by atoms with Gasteiger partial charge < -0.3 is 19.7 Å². The van der Waals surface area contributed by atoms with E-state index in [9.17, 15) is 4.79 Å². The molecule has 2 saturated heterocycles. The Kier molecular flexibility index (Phi) is 5.58. The predicted octanol–water partition coefficient (Wildman–Crippen LogP) is 2.89. The fourth-order valence-corrected chi connectivity index (χ4v) is 3.39. The largest absolute Gasteiger partial charge is 0.444 e. The van der Waals surface area contributed by atoms with Crippen molar-refractivity contribution >= 4 is 17.9 Å². The molecule has 2 atom stereocenters. The smallest absolute Gasteiger partial charge is 0.410 e. The van der Waals surface area contributed by atoms with Gasteiger partial charge in [-0.1, -0.05) is 0 Å². The zero-order valence-corrected chi connectivity index (χ0v) is 16.2. The molecule has 23 heavy (non-hydrogen) atoms. The molecule has 0 aliphatic carbocycles. The van der Waals surface area contributed by atoms with Crippen molar-refractivity contribution in [1.29, 1.82) is 0 Å². The van der Waals surface area contributed by atoms with Crippen molar-refractivity contribution in [3.05, 3.63) is 0 Å². The summed E-state index contributed by atoms with van der Waals surface area (Å²) in [6, 6.07) is 0.307. The molecular weight excluding hydrogens is 312 g/mol. The third-order valence-electron chi connectivity index (χ3n) is 4.67. The number of nitrogens with one attached hydrogen (secondary N) is 1. The van der Waals surface area contributed by atoms with E-state index in [1.54, 1.807) is 4.90 Å². The summed E-state index contributed by atoms with van der Waals surface area (Å²) in [5.74, 6) is 0. The first kappa shape index (κ1) is 18.9. The first-order chi connectivity index (χ1) is 10.6. The Labute approximate surface area is 144 Å². The Bertz CT molecular complexity index is 436. The maximum atomic E-state index is 12.3. The van der Waals surface area contributed by atoms with Gasteiger partial charge in [0.2, 0.25) is 0 Å². The van der Waals surface area contributed by atoms with Crippen LogP contribution in [0.25, 0.3) is 0 Å². The van der Waals surface area contributed by atoms with Gasteiger partial charge in [-0.2, -0.15) is 11.8 Å². The Morgan fingerprint density at radius 2 is 2.09 bits per heavy atom. The molecule has 0 aromatic carbocycles. The molecule has 0 bridgehead atoms. The highest BCUT2D eigenvalue weighted by Crippen LogP contribution is 2.36. The second kappa shape index (κ2) is 6.81. The SMILES string of the molecule is CSC(C)(C)CNC1CCOC12CCN(C(=O)OC(C)(C)C)C2. The molecule has 1 amide bonds. The lowest BCUT2D eigenvalue weighted by Gasteiger charge is -2.33. The fraction of sp³-hybridized carbons (Fsp3) is 0.941. The molecule has 134 valence electrons. The van der Waals surface area contributed by atoms with Crippen LogP contribution in [0.2, 0.25) is 0 Å². The van der Waals surface area contributed by atoms with E-state index in [2.05, 4.69) is 25.4 Å². The van der Waals surface area contributed by atoms with Crippen LogP contribution < -0.4 is 5.32 Å². The van der Waals surface area contributed by atoms with Crippen LogP contribution in [0.5, 0.6) is 0 Å². The van der Waals surface area contributed by atoms with Crippen LogP contribution in [-0.2, 0) is 9.47 Å². The molecule has 2 fully saturated rings. The van der Waals surface area contributed by atoms with Crippen molar-refractivity contribution in [2.75, 3.05) is 32.5 Å². The lowest BCUT2D eigenvalue weighted by molar-refractivity contribution is -0.00982. The average Bonchev–Trinajstić information content (AvgIpc) is 3.03. The van der Waals surface area contributed by atoms with E-state index in [0.29, 0.717) is 19.1 Å². The van der Waals surface area contributed by atoms with Gasteiger partial charge in [0.05, 0.1) is 6.54 Å². The summed E-state index contributed by atoms with van der Waals surface area (Å²) in [6.07, 6.45) is 3.80. The van der Waals surface area contributed by atoms with Crippen LogP contribution in [0.4, 0.5) is 4.79 Å². The lowest BCUT2D eigenvalue weighted by atomic mass is 9.93. The normalized spacial score (nSPS) is 28.6. The number of hydrogen-bond acceptors (Lipinski definition) is 5. The van der Waals surface area contributed by atoms with Crippen molar-refractivity contribution < 1.29 is 14.3 Å². The fourth-order valence-electron chi connectivity index (χ4n) is 3.16. The van der Waals surface area contributed by atoms with Gasteiger partial charge in [0.15, 0.2) is 0 Å². The Balaban J connectivity index is 1.95. The van der Waals surface area contributed by atoms with E-state index < -0.39 is 5.60 Å². The van der Waals surface area contributed by atoms with Gasteiger partial charge in [0, 0.05) is 30.5 Å². The molecular formula is C17H32N2O3S. The molecule has 2 rings (SSSR count). The van der Waals surface area contributed by atoms with Gasteiger partial charge in [-0.05, 0) is 53.7 Å². The number of amides is 1.